The van der Waals surface area contributed by atoms with E-state index in [4.69, 9.17) is 16.2 Å². The molecule has 0 saturated heterocycles. The van der Waals surface area contributed by atoms with Crippen molar-refractivity contribution in [1.82, 2.24) is 61.8 Å². The van der Waals surface area contributed by atoms with Crippen LogP contribution >= 0.6 is 11.3 Å². The minimum absolute atomic E-state index is 0. The number of fused-ring (bicyclic) bond motifs is 2. The van der Waals surface area contributed by atoms with E-state index in [2.05, 4.69) is 101 Å². The van der Waals surface area contributed by atoms with E-state index in [-0.39, 0.29) is 62.8 Å². The third kappa shape index (κ3) is 31.2. The molecule has 14 N–H and O–H groups in total. The molecule has 0 atom stereocenters. The largest absolute Gasteiger partial charge is 0.445 e. The van der Waals surface area contributed by atoms with Crippen molar-refractivity contribution in [3.05, 3.63) is 383 Å². The number of hydrogen-bond donors (Lipinski definition) is 12. The molecule has 15 aromatic rings. The summed E-state index contributed by atoms with van der Waals surface area (Å²) in [5.41, 5.74) is 26.4. The molecule has 0 aliphatic rings. The van der Waals surface area contributed by atoms with E-state index in [0.29, 0.717) is 107 Å². The Bertz CT molecular complexity index is 6140. The van der Waals surface area contributed by atoms with Crippen LogP contribution in [0.2, 0.25) is 0 Å². The zero-order valence-corrected chi connectivity index (χ0v) is 70.9. The predicted molar refractivity (Wildman–Crippen MR) is 514 cm³/mol. The summed E-state index contributed by atoms with van der Waals surface area (Å²) in [5, 5.41) is 31.7. The van der Waals surface area contributed by atoms with Gasteiger partial charge in [-0.25, -0.2) is 14.8 Å². The Hall–Kier alpha value is -16.2. The average molecular weight is 1750 g/mol. The molecule has 658 valence electrons. The first-order valence-corrected chi connectivity index (χ1v) is 41.5. The van der Waals surface area contributed by atoms with Gasteiger partial charge in [-0.3, -0.25) is 53.5 Å². The van der Waals surface area contributed by atoms with Crippen molar-refractivity contribution in [1.29, 1.82) is 0 Å². The van der Waals surface area contributed by atoms with Crippen molar-refractivity contribution >= 4 is 115 Å². The van der Waals surface area contributed by atoms with Crippen LogP contribution in [0.25, 0.3) is 43.5 Å². The van der Waals surface area contributed by atoms with Crippen LogP contribution in [0.3, 0.4) is 0 Å². The molecular formula is C101H104N18O9S. The monoisotopic (exact) mass is 1740 g/mol. The molecule has 0 radical (unpaired) electrons. The van der Waals surface area contributed by atoms with E-state index >= 15 is 0 Å². The van der Waals surface area contributed by atoms with Crippen molar-refractivity contribution < 1.29 is 43.1 Å². The van der Waals surface area contributed by atoms with Crippen LogP contribution in [0.1, 0.15) is 126 Å². The number of anilines is 6. The van der Waals surface area contributed by atoms with Gasteiger partial charge in [-0.2, -0.15) is 0 Å². The van der Waals surface area contributed by atoms with Crippen LogP contribution in [0.4, 0.5) is 39.2 Å². The molecule has 9 aromatic carbocycles. The van der Waals surface area contributed by atoms with Gasteiger partial charge in [0.05, 0.1) is 61.3 Å². The minimum Gasteiger partial charge on any atom is -0.445 e. The van der Waals surface area contributed by atoms with Crippen molar-refractivity contribution in [2.45, 2.75) is 80.4 Å². The molecule has 0 spiro atoms. The molecule has 28 heteroatoms. The highest BCUT2D eigenvalue weighted by Gasteiger charge is 2.15. The number of nitrogens with one attached hydrogen (secondary N) is 10. The molecule has 8 amide bonds. The van der Waals surface area contributed by atoms with Gasteiger partial charge in [-0.1, -0.05) is 173 Å². The number of nitrogen functional groups attached to an aromatic ring is 2. The highest BCUT2D eigenvalue weighted by Crippen LogP contribution is 2.28. The number of thiophene rings is 1. The number of benzene rings is 9. The number of nitrogens with zero attached hydrogens (tertiary/aromatic N) is 6. The summed E-state index contributed by atoms with van der Waals surface area (Å²) >= 11 is 1.45. The van der Waals surface area contributed by atoms with Gasteiger partial charge in [0.2, 0.25) is 17.8 Å². The molecule has 0 aliphatic carbocycles. The highest BCUT2D eigenvalue weighted by atomic mass is 32.1. The van der Waals surface area contributed by atoms with E-state index in [1.54, 1.807) is 149 Å². The molecular weight excluding hydrogens is 1640 g/mol. The Morgan fingerprint density at radius 1 is 0.403 bits per heavy atom. The van der Waals surface area contributed by atoms with Crippen LogP contribution < -0.4 is 64.6 Å². The van der Waals surface area contributed by atoms with Gasteiger partial charge in [0.1, 0.15) is 6.61 Å². The normalized spacial score (nSPS) is 10.2. The minimum atomic E-state index is -0.523. The second kappa shape index (κ2) is 51.2. The molecule has 6 aromatic heterocycles. The number of pyridine rings is 4. The quantitative estimate of drug-likeness (QED) is 0.0160. The maximum Gasteiger partial charge on any atom is 0.407 e. The van der Waals surface area contributed by atoms with Crippen LogP contribution in [0, 0.1) is 0 Å². The SMILES string of the molecule is C.C.CCC(=O)NCCCC(=O)Nc1cnc2ccccc2c1.CNC(=O)c1ccc(-c2ccc(CNCc3ccccc3)cn2)s1.CNC(=O)c1ccc(CNC(=O)c2ccc3ccccc3c2)cc1.Nc1ccccc1NC(=O)c1ccc(CNC(=O)OCc2cccnc2)cc1.Nc1ccccc1NC(=O)c1ccc(CNc2nccc(-c3cccnc3)n2)cc1. The first-order valence-electron chi connectivity index (χ1n) is 40.7. The molecule has 27 nitrogen and oxygen atoms in total. The van der Waals surface area contributed by atoms with Gasteiger partial charge in [0.15, 0.2) is 0 Å². The smallest absolute Gasteiger partial charge is 0.407 e. The number of carbonyl (C=O) groups is 8. The fourth-order valence-corrected chi connectivity index (χ4v) is 13.1. The van der Waals surface area contributed by atoms with Gasteiger partial charge >= 0.3 is 6.09 Å². The lowest BCUT2D eigenvalue weighted by Crippen LogP contribution is -2.24. The third-order valence-electron chi connectivity index (χ3n) is 19.1. The molecule has 0 fully saturated rings. The standard InChI is InChI=1S/C23H20N6O.C21H20N4O3.C20H18N2O2.C19H19N3OS.C16H19N3O2.2CH4/c24-19-5-1-2-6-21(19)28-22(30)17-9-7-16(8-10-17)14-27-23-26-13-11-20(29-23)18-4-3-12-25-15-18;22-18-5-1-2-6-19(18)25-20(26)17-9-7-15(8-10-17)13-24-21(27)28-14-16-4-3-11-23-12-16;1-21-19(23)16-8-6-14(7-9-16)13-22-20(24)18-11-10-15-4-2-3-5-17(15)12-18;1-20-19(23)18-10-9-17(24-18)16-8-7-15(13-22-16)12-21-11-14-5-3-2-4-6-14;1-2-15(20)17-9-5-8-16(21)19-13-10-12-6-3-4-7-14(12)18-11-13;;/h1-13,15H,14,24H2,(H,28,30)(H,26,27,29);1-12H,13-14,22H2,(H,24,27)(H,25,26);2-12H,13H2,1H3,(H,21,23)(H,22,24);2-10,13,21H,11-12H2,1H3,(H,20,23);3-4,6-7,10-11H,2,5,8-9H2,1H3,(H,17,20)(H,19,21);2*1H4. The van der Waals surface area contributed by atoms with E-state index < -0.39 is 6.09 Å². The molecule has 0 unspecified atom stereocenters. The second-order valence-electron chi connectivity index (χ2n) is 28.3. The van der Waals surface area contributed by atoms with Crippen molar-refractivity contribution in [2.24, 2.45) is 0 Å². The Balaban J connectivity index is 0.000000182. The summed E-state index contributed by atoms with van der Waals surface area (Å²) in [7, 11) is 3.23. The molecule has 0 bridgehead atoms. The number of alkyl carbamates (subject to hydrolysis) is 1. The lowest BCUT2D eigenvalue weighted by Gasteiger charge is -2.09. The Morgan fingerprint density at radius 3 is 1.57 bits per heavy atom. The van der Waals surface area contributed by atoms with Crippen LogP contribution in [-0.2, 0) is 53.7 Å². The molecule has 6 heterocycles. The maximum absolute atomic E-state index is 12.4. The van der Waals surface area contributed by atoms with E-state index in [1.165, 1.54) is 16.9 Å². The van der Waals surface area contributed by atoms with Crippen LogP contribution in [0.5, 0.6) is 0 Å². The van der Waals surface area contributed by atoms with Gasteiger partial charge in [-0.15, -0.1) is 11.3 Å². The lowest BCUT2D eigenvalue weighted by atomic mass is 10.1. The van der Waals surface area contributed by atoms with Gasteiger partial charge in [0, 0.05) is 142 Å². The van der Waals surface area contributed by atoms with E-state index in [0.717, 1.165) is 84.4 Å². The van der Waals surface area contributed by atoms with Gasteiger partial charge in [-0.05, 0) is 172 Å². The summed E-state index contributed by atoms with van der Waals surface area (Å²) in [5.74, 6) is -0.302. The third-order valence-corrected chi connectivity index (χ3v) is 20.2. The van der Waals surface area contributed by atoms with Crippen LogP contribution in [-0.4, -0.2) is 98.0 Å². The van der Waals surface area contributed by atoms with E-state index in [1.807, 2.05) is 176 Å². The number of ether oxygens (including phenoxy) is 1. The fourth-order valence-electron chi connectivity index (χ4n) is 12.2. The first kappa shape index (κ1) is 96.6. The zero-order valence-electron chi connectivity index (χ0n) is 70.1. The number of hydrogen-bond acceptors (Lipinski definition) is 20. The molecule has 129 heavy (non-hydrogen) atoms. The number of nitrogens with two attached hydrogens (primary N) is 2. The van der Waals surface area contributed by atoms with Gasteiger partial charge < -0.3 is 69.4 Å². The predicted octanol–water partition coefficient (Wildman–Crippen LogP) is 17.7. The maximum atomic E-state index is 12.4. The summed E-state index contributed by atoms with van der Waals surface area (Å²) in [6.45, 7) is 5.33. The molecule has 0 aliphatic heterocycles. The summed E-state index contributed by atoms with van der Waals surface area (Å²) in [6, 6.07) is 86.3. The van der Waals surface area contributed by atoms with E-state index in [9.17, 15) is 38.4 Å². The number of amides is 8. The van der Waals surface area contributed by atoms with Crippen molar-refractivity contribution in [2.75, 3.05) is 53.4 Å². The zero-order chi connectivity index (χ0) is 89.3. The van der Waals surface area contributed by atoms with Crippen molar-refractivity contribution in [3.8, 4) is 21.8 Å². The van der Waals surface area contributed by atoms with Crippen LogP contribution in [0.15, 0.2) is 322 Å². The highest BCUT2D eigenvalue weighted by molar-refractivity contribution is 7.17. The van der Waals surface area contributed by atoms with Gasteiger partial charge in [0.25, 0.3) is 29.5 Å². The summed E-state index contributed by atoms with van der Waals surface area (Å²) in [6.07, 6.45) is 13.0. The molecule has 0 saturated carbocycles. The second-order valence-corrected chi connectivity index (χ2v) is 29.4. The number of aromatic nitrogens is 6. The summed E-state index contributed by atoms with van der Waals surface area (Å²) < 4.78 is 5.12. The summed E-state index contributed by atoms with van der Waals surface area (Å²) in [4.78, 5) is 122. The Morgan fingerprint density at radius 2 is 0.961 bits per heavy atom. The Kier molecular flexibility index (Phi) is 38.3. The first-order chi connectivity index (χ1) is 61.9. The number of carbonyl (C=O) groups excluding carboxylic acids is 8. The topological polar surface area (TPSA) is 395 Å². The average Bonchev–Trinajstić information content (AvgIpc) is 1.31. The number of para-hydroxylation sites is 5. The van der Waals surface area contributed by atoms with Crippen molar-refractivity contribution in [3.63, 3.8) is 0 Å². The lowest BCUT2D eigenvalue weighted by molar-refractivity contribution is -0.121. The number of rotatable bonds is 28. The molecule has 15 rings (SSSR count). The fraction of sp³-hybridized carbons (Fsp3) is 0.149. The Labute approximate surface area is 753 Å².